The van der Waals surface area contributed by atoms with E-state index in [4.69, 9.17) is 21.7 Å². The van der Waals surface area contributed by atoms with Gasteiger partial charge in [-0.1, -0.05) is 24.4 Å². The zero-order valence-electron chi connectivity index (χ0n) is 21.6. The minimum atomic E-state index is -0.789. The molecule has 0 spiro atoms. The lowest BCUT2D eigenvalue weighted by molar-refractivity contribution is 0.0504. The van der Waals surface area contributed by atoms with Crippen molar-refractivity contribution >= 4 is 44.7 Å². The van der Waals surface area contributed by atoms with Crippen LogP contribution in [0.3, 0.4) is 0 Å². The van der Waals surface area contributed by atoms with E-state index in [0.717, 1.165) is 15.3 Å². The minimum Gasteiger partial charge on any atom is -0.493 e. The van der Waals surface area contributed by atoms with Gasteiger partial charge >= 0.3 is 0 Å². The molecule has 0 saturated heterocycles. The second-order valence-electron chi connectivity index (χ2n) is 9.65. The number of thiazole rings is 1. The Labute approximate surface area is 244 Å². The average molecular weight is 586 g/mol. The number of nitrogens with zero attached hydrogens (tertiary/aromatic N) is 2. The molecule has 41 heavy (non-hydrogen) atoms. The Kier molecular flexibility index (Phi) is 7.69. The molecule has 0 fully saturated rings. The number of carbonyl (C=O) groups is 1. The fourth-order valence-corrected chi connectivity index (χ4v) is 5.81. The number of benzene rings is 3. The van der Waals surface area contributed by atoms with Crippen LogP contribution in [0.15, 0.2) is 85.2 Å². The van der Waals surface area contributed by atoms with Gasteiger partial charge in [-0.3, -0.25) is 9.78 Å². The third-order valence-corrected chi connectivity index (χ3v) is 8.14. The molecule has 1 amide bonds. The summed E-state index contributed by atoms with van der Waals surface area (Å²) in [6.07, 6.45) is 2.95. The van der Waals surface area contributed by atoms with Gasteiger partial charge in [0.2, 0.25) is 0 Å². The number of fused-ring (bicyclic) bond motifs is 2. The number of ether oxygens (including phenoxy) is 2. The molecule has 0 saturated carbocycles. The van der Waals surface area contributed by atoms with E-state index < -0.39 is 6.10 Å². The topological polar surface area (TPSA) is 93.6 Å². The van der Waals surface area contributed by atoms with Crippen molar-refractivity contribution in [2.45, 2.75) is 19.1 Å². The zero-order valence-corrected chi connectivity index (χ0v) is 23.3. The van der Waals surface area contributed by atoms with Gasteiger partial charge in [-0.15, -0.1) is 11.3 Å². The van der Waals surface area contributed by atoms with Gasteiger partial charge in [0.05, 0.1) is 22.9 Å². The molecular weight excluding hydrogens is 561 g/mol. The third-order valence-electron chi connectivity index (χ3n) is 6.79. The molecule has 1 aliphatic heterocycles. The van der Waals surface area contributed by atoms with Crippen LogP contribution in [0.5, 0.6) is 11.5 Å². The highest BCUT2D eigenvalue weighted by atomic mass is 32.1. The monoisotopic (exact) mass is 585 g/mol. The lowest BCUT2D eigenvalue weighted by atomic mass is 9.87. The van der Waals surface area contributed by atoms with Crippen molar-refractivity contribution in [1.29, 1.82) is 0 Å². The number of nitrogens with one attached hydrogen (secondary N) is 1. The van der Waals surface area contributed by atoms with Crippen molar-refractivity contribution in [2.75, 3.05) is 6.61 Å². The fraction of sp³-hybridized carbons (Fsp3) is 0.161. The lowest BCUT2D eigenvalue weighted by Crippen LogP contribution is -2.30. The Morgan fingerprint density at radius 3 is 2.85 bits per heavy atom. The van der Waals surface area contributed by atoms with E-state index in [1.165, 1.54) is 23.5 Å². The molecule has 5 aromatic rings. The summed E-state index contributed by atoms with van der Waals surface area (Å²) >= 11 is 6.79. The first-order chi connectivity index (χ1) is 19.9. The average Bonchev–Trinajstić information content (AvgIpc) is 3.40. The molecule has 2 N–H and O–H groups in total. The second kappa shape index (κ2) is 11.7. The van der Waals surface area contributed by atoms with Gasteiger partial charge in [0, 0.05) is 41.1 Å². The highest BCUT2D eigenvalue weighted by Gasteiger charge is 2.30. The molecule has 6 rings (SSSR count). The minimum absolute atomic E-state index is 0.221. The number of hydrogen-bond acceptors (Lipinski definition) is 8. The maximum atomic E-state index is 13.5. The van der Waals surface area contributed by atoms with Gasteiger partial charge in [0.15, 0.2) is 0 Å². The van der Waals surface area contributed by atoms with Crippen LogP contribution in [0.4, 0.5) is 4.39 Å². The van der Waals surface area contributed by atoms with Crippen molar-refractivity contribution in [1.82, 2.24) is 15.3 Å². The Hall–Kier alpha value is -4.25. The van der Waals surface area contributed by atoms with Crippen molar-refractivity contribution in [3.8, 4) is 11.5 Å². The first kappa shape index (κ1) is 26.9. The highest BCUT2D eigenvalue weighted by Crippen LogP contribution is 2.39. The number of thiocarbonyl (C=S) groups is 1. The third kappa shape index (κ3) is 6.09. The molecule has 1 aliphatic rings. The van der Waals surface area contributed by atoms with Gasteiger partial charge in [0.25, 0.3) is 5.91 Å². The van der Waals surface area contributed by atoms with E-state index in [9.17, 15) is 14.3 Å². The van der Waals surface area contributed by atoms with Crippen LogP contribution in [0.25, 0.3) is 10.2 Å². The molecule has 0 radical (unpaired) electrons. The summed E-state index contributed by atoms with van der Waals surface area (Å²) in [5.74, 6) is 0.306. The predicted octanol–water partition coefficient (Wildman–Crippen LogP) is 5.80. The lowest BCUT2D eigenvalue weighted by Gasteiger charge is -2.30. The highest BCUT2D eigenvalue weighted by molar-refractivity contribution is 7.80. The molecule has 2 aromatic heterocycles. The summed E-state index contributed by atoms with van der Waals surface area (Å²) < 4.78 is 26.3. The molecule has 10 heteroatoms. The number of aliphatic hydroxyl groups excluding tert-OH is 1. The molecule has 2 unspecified atom stereocenters. The molecule has 0 bridgehead atoms. The number of amides is 1. The molecular formula is C31H24FN3O4S2. The number of rotatable bonds is 7. The number of hydrogen-bond donors (Lipinski definition) is 2. The molecule has 206 valence electrons. The van der Waals surface area contributed by atoms with Gasteiger partial charge in [0.1, 0.15) is 33.9 Å². The SMILES string of the molecule is O=C(NC(=S)c1cccnc1)c1cccc(CC2COc3ccc(OCc4nc5cc(F)ccc5s4)cc3C2O)c1. The Balaban J connectivity index is 1.11. The van der Waals surface area contributed by atoms with Crippen LogP contribution < -0.4 is 14.8 Å². The first-order valence-corrected chi connectivity index (χ1v) is 14.1. The van der Waals surface area contributed by atoms with Gasteiger partial charge in [-0.25, -0.2) is 9.37 Å². The molecule has 2 atom stereocenters. The molecule has 3 heterocycles. The second-order valence-corrected chi connectivity index (χ2v) is 11.2. The summed E-state index contributed by atoms with van der Waals surface area (Å²) in [6, 6.07) is 20.7. The van der Waals surface area contributed by atoms with E-state index in [1.54, 1.807) is 60.9 Å². The normalized spacial score (nSPS) is 16.0. The zero-order chi connectivity index (χ0) is 28.3. The number of pyridine rings is 1. The van der Waals surface area contributed by atoms with Crippen LogP contribution >= 0.6 is 23.6 Å². The maximum absolute atomic E-state index is 13.5. The Morgan fingerprint density at radius 1 is 1.12 bits per heavy atom. The maximum Gasteiger partial charge on any atom is 0.256 e. The molecule has 0 aliphatic carbocycles. The largest absolute Gasteiger partial charge is 0.493 e. The summed E-state index contributed by atoms with van der Waals surface area (Å²) in [5.41, 5.74) is 3.26. The number of aromatic nitrogens is 2. The van der Waals surface area contributed by atoms with E-state index in [0.29, 0.717) is 51.7 Å². The van der Waals surface area contributed by atoms with E-state index in [2.05, 4.69) is 15.3 Å². The number of carbonyl (C=O) groups excluding carboxylic acids is 1. The van der Waals surface area contributed by atoms with Gasteiger partial charge in [-0.2, -0.15) is 0 Å². The van der Waals surface area contributed by atoms with Crippen LogP contribution in [0.1, 0.15) is 38.2 Å². The van der Waals surface area contributed by atoms with Crippen LogP contribution in [-0.2, 0) is 13.0 Å². The van der Waals surface area contributed by atoms with Gasteiger partial charge in [-0.05, 0) is 66.6 Å². The Bertz CT molecular complexity index is 1740. The standard InChI is InChI=1S/C31H24FN3O4S2/c32-22-6-9-27-25(13-22)34-28(41-27)17-38-23-7-8-26-24(14-23)29(36)21(16-39-26)12-18-3-1-4-19(11-18)30(37)35-31(40)20-5-2-10-33-15-20/h1-11,13-15,21,29,36H,12,16-17H2,(H,35,37,40). The predicted molar refractivity (Wildman–Crippen MR) is 158 cm³/mol. The number of aliphatic hydroxyl groups is 1. The van der Waals surface area contributed by atoms with Crippen molar-refractivity contribution < 1.29 is 23.8 Å². The van der Waals surface area contributed by atoms with E-state index in [-0.39, 0.29) is 24.2 Å². The molecule has 7 nitrogen and oxygen atoms in total. The van der Waals surface area contributed by atoms with E-state index in [1.807, 2.05) is 12.1 Å². The summed E-state index contributed by atoms with van der Waals surface area (Å²) in [6.45, 7) is 0.553. The number of halogens is 1. The summed E-state index contributed by atoms with van der Waals surface area (Å²) in [4.78, 5) is 21.6. The van der Waals surface area contributed by atoms with Crippen LogP contribution in [-0.4, -0.2) is 32.6 Å². The van der Waals surface area contributed by atoms with Crippen molar-refractivity contribution in [3.05, 3.63) is 118 Å². The molecule has 3 aromatic carbocycles. The fourth-order valence-electron chi connectivity index (χ4n) is 4.73. The van der Waals surface area contributed by atoms with Crippen molar-refractivity contribution in [3.63, 3.8) is 0 Å². The van der Waals surface area contributed by atoms with Gasteiger partial charge < -0.3 is 19.9 Å². The smallest absolute Gasteiger partial charge is 0.256 e. The Morgan fingerprint density at radius 2 is 2.00 bits per heavy atom. The van der Waals surface area contributed by atoms with Crippen LogP contribution in [0, 0.1) is 11.7 Å². The quantitative estimate of drug-likeness (QED) is 0.233. The summed E-state index contributed by atoms with van der Waals surface area (Å²) in [7, 11) is 0. The first-order valence-electron chi connectivity index (χ1n) is 12.9. The van der Waals surface area contributed by atoms with Crippen LogP contribution in [0.2, 0.25) is 0 Å². The van der Waals surface area contributed by atoms with Crippen molar-refractivity contribution in [2.24, 2.45) is 5.92 Å². The summed E-state index contributed by atoms with van der Waals surface area (Å²) in [5, 5.41) is 14.7. The van der Waals surface area contributed by atoms with E-state index >= 15 is 0 Å².